The van der Waals surface area contributed by atoms with Gasteiger partial charge in [0.25, 0.3) is 5.91 Å². The number of amides is 1. The van der Waals surface area contributed by atoms with E-state index in [0.717, 1.165) is 5.56 Å². The number of ether oxygens (including phenoxy) is 2. The second-order valence-electron chi connectivity index (χ2n) is 6.95. The van der Waals surface area contributed by atoms with Gasteiger partial charge in [0.15, 0.2) is 11.5 Å². The Morgan fingerprint density at radius 2 is 1.88 bits per heavy atom. The van der Waals surface area contributed by atoms with Crippen LogP contribution in [0.4, 0.5) is 10.1 Å². The van der Waals surface area contributed by atoms with Gasteiger partial charge in [0, 0.05) is 10.2 Å². The molecule has 0 aliphatic carbocycles. The van der Waals surface area contributed by atoms with Crippen molar-refractivity contribution in [2.45, 2.75) is 6.61 Å². The highest BCUT2D eigenvalue weighted by Gasteiger charge is 2.15. The Labute approximate surface area is 203 Å². The van der Waals surface area contributed by atoms with E-state index in [1.54, 1.807) is 24.3 Å². The number of aromatic carboxylic acids is 1. The van der Waals surface area contributed by atoms with Crippen molar-refractivity contribution in [3.63, 3.8) is 0 Å². The molecule has 0 fully saturated rings. The molecule has 0 aromatic heterocycles. The highest BCUT2D eigenvalue weighted by atomic mass is 79.9. The average Bonchev–Trinajstić information content (AvgIpc) is 2.83. The second-order valence-corrected chi connectivity index (χ2v) is 7.80. The molecule has 0 aliphatic rings. The van der Waals surface area contributed by atoms with Crippen LogP contribution in [0.15, 0.2) is 70.7 Å². The monoisotopic (exact) mass is 524 g/mol. The summed E-state index contributed by atoms with van der Waals surface area (Å²) in [7, 11) is 1.45. The lowest BCUT2D eigenvalue weighted by Crippen LogP contribution is -2.14. The van der Waals surface area contributed by atoms with E-state index >= 15 is 0 Å². The zero-order valence-electron chi connectivity index (χ0n) is 17.8. The molecule has 1 amide bonds. The summed E-state index contributed by atoms with van der Waals surface area (Å²) >= 11 is 3.41. The van der Waals surface area contributed by atoms with E-state index in [2.05, 4.69) is 21.2 Å². The topological polar surface area (TPSA) is 109 Å². The highest BCUT2D eigenvalue weighted by molar-refractivity contribution is 9.10. The SMILES string of the molecule is COc1cc(/C=C(/C#N)C(=O)Nc2cccc(C(=O)O)c2)c(Br)cc1OCc1ccc(F)cc1. The summed E-state index contributed by atoms with van der Waals surface area (Å²) in [5, 5.41) is 21.1. The molecule has 0 unspecified atom stereocenters. The van der Waals surface area contributed by atoms with Crippen molar-refractivity contribution < 1.29 is 28.6 Å². The van der Waals surface area contributed by atoms with Gasteiger partial charge in [-0.2, -0.15) is 5.26 Å². The van der Waals surface area contributed by atoms with Crippen LogP contribution in [0.3, 0.4) is 0 Å². The fourth-order valence-electron chi connectivity index (χ4n) is 2.91. The fourth-order valence-corrected chi connectivity index (χ4v) is 3.34. The van der Waals surface area contributed by atoms with E-state index in [0.29, 0.717) is 21.5 Å². The predicted molar refractivity (Wildman–Crippen MR) is 127 cm³/mol. The predicted octanol–water partition coefficient (Wildman–Crippen LogP) is 5.42. The summed E-state index contributed by atoms with van der Waals surface area (Å²) in [5.41, 5.74) is 1.29. The lowest BCUT2D eigenvalue weighted by atomic mass is 10.1. The molecule has 3 aromatic rings. The van der Waals surface area contributed by atoms with Gasteiger partial charge in [-0.3, -0.25) is 4.79 Å². The normalized spacial score (nSPS) is 10.8. The van der Waals surface area contributed by atoms with Crippen LogP contribution in [0, 0.1) is 17.1 Å². The first-order valence-electron chi connectivity index (χ1n) is 9.82. The number of carbonyl (C=O) groups excluding carboxylic acids is 1. The maximum absolute atomic E-state index is 13.1. The number of carboxylic acid groups (broad SMARTS) is 1. The average molecular weight is 525 g/mol. The number of carbonyl (C=O) groups is 2. The number of hydrogen-bond donors (Lipinski definition) is 2. The standard InChI is InChI=1S/C25H18BrFN2O5/c1-33-22-11-17(21(26)12-23(22)34-14-15-5-7-19(27)8-6-15)9-18(13-28)24(30)29-20-4-2-3-16(10-20)25(31)32/h2-12H,14H2,1H3,(H,29,30)(H,31,32)/b18-9-. The minimum atomic E-state index is -1.13. The maximum atomic E-state index is 13.1. The van der Waals surface area contributed by atoms with Crippen molar-refractivity contribution in [2.75, 3.05) is 12.4 Å². The Balaban J connectivity index is 1.81. The Morgan fingerprint density at radius 1 is 1.15 bits per heavy atom. The van der Waals surface area contributed by atoms with Gasteiger partial charge in [-0.15, -0.1) is 0 Å². The Morgan fingerprint density at radius 3 is 2.53 bits per heavy atom. The van der Waals surface area contributed by atoms with Gasteiger partial charge in [-0.1, -0.05) is 34.1 Å². The maximum Gasteiger partial charge on any atom is 0.335 e. The third kappa shape index (κ3) is 6.21. The Bertz CT molecular complexity index is 1300. The lowest BCUT2D eigenvalue weighted by molar-refractivity contribution is -0.112. The first kappa shape index (κ1) is 24.5. The van der Waals surface area contributed by atoms with Crippen LogP contribution in [0.1, 0.15) is 21.5 Å². The molecule has 9 heteroatoms. The minimum absolute atomic E-state index is 0.00370. The molecule has 0 bridgehead atoms. The van der Waals surface area contributed by atoms with Gasteiger partial charge in [0.05, 0.1) is 12.7 Å². The van der Waals surface area contributed by atoms with E-state index in [1.165, 1.54) is 49.6 Å². The van der Waals surface area contributed by atoms with Crippen molar-refractivity contribution >= 4 is 39.6 Å². The van der Waals surface area contributed by atoms with Crippen molar-refractivity contribution in [2.24, 2.45) is 0 Å². The molecule has 0 spiro atoms. The van der Waals surface area contributed by atoms with E-state index in [9.17, 15) is 19.2 Å². The number of anilines is 1. The summed E-state index contributed by atoms with van der Waals surface area (Å²) in [6, 6.07) is 16.7. The van der Waals surface area contributed by atoms with E-state index in [1.807, 2.05) is 6.07 Å². The third-order valence-corrected chi connectivity index (χ3v) is 5.31. The lowest BCUT2D eigenvalue weighted by Gasteiger charge is -2.13. The van der Waals surface area contributed by atoms with E-state index in [-0.39, 0.29) is 29.2 Å². The summed E-state index contributed by atoms with van der Waals surface area (Å²) in [6.45, 7) is 0.180. The number of nitriles is 1. The zero-order chi connectivity index (χ0) is 24.7. The molecule has 3 rings (SSSR count). The number of carboxylic acids is 1. The molecular weight excluding hydrogens is 507 g/mol. The van der Waals surface area contributed by atoms with Crippen LogP contribution in [-0.2, 0) is 11.4 Å². The molecule has 0 aliphatic heterocycles. The van der Waals surface area contributed by atoms with Gasteiger partial charge in [0.1, 0.15) is 24.1 Å². The first-order valence-corrected chi connectivity index (χ1v) is 10.6. The van der Waals surface area contributed by atoms with E-state index in [4.69, 9.17) is 14.6 Å². The minimum Gasteiger partial charge on any atom is -0.493 e. The summed E-state index contributed by atoms with van der Waals surface area (Å²) < 4.78 is 24.8. The summed E-state index contributed by atoms with van der Waals surface area (Å²) in [4.78, 5) is 23.7. The summed E-state index contributed by atoms with van der Waals surface area (Å²) in [6.07, 6.45) is 1.37. The van der Waals surface area contributed by atoms with Crippen LogP contribution in [0.25, 0.3) is 6.08 Å². The molecular formula is C25H18BrFN2O5. The molecule has 3 aromatic carbocycles. The number of rotatable bonds is 8. The first-order chi connectivity index (χ1) is 16.3. The highest BCUT2D eigenvalue weighted by Crippen LogP contribution is 2.35. The second kappa shape index (κ2) is 11.1. The molecule has 0 saturated carbocycles. The Hall–Kier alpha value is -4.16. The molecule has 2 N–H and O–H groups in total. The summed E-state index contributed by atoms with van der Waals surface area (Å²) in [5.74, 6) is -1.41. The molecule has 172 valence electrons. The number of hydrogen-bond acceptors (Lipinski definition) is 5. The molecule has 0 radical (unpaired) electrons. The number of nitrogens with one attached hydrogen (secondary N) is 1. The van der Waals surface area contributed by atoms with E-state index < -0.39 is 11.9 Å². The van der Waals surface area contributed by atoms with Crippen molar-refractivity contribution in [3.05, 3.63) is 93.2 Å². The smallest absolute Gasteiger partial charge is 0.335 e. The van der Waals surface area contributed by atoms with Crippen molar-refractivity contribution in [3.8, 4) is 17.6 Å². The third-order valence-electron chi connectivity index (χ3n) is 4.62. The fraction of sp³-hybridized carbons (Fsp3) is 0.0800. The quantitative estimate of drug-likeness (QED) is 0.300. The van der Waals surface area contributed by atoms with Crippen LogP contribution in [0.5, 0.6) is 11.5 Å². The molecule has 0 heterocycles. The number of methoxy groups -OCH3 is 1. The van der Waals surface area contributed by atoms with Gasteiger partial charge in [-0.05, 0) is 59.7 Å². The number of halogens is 2. The Kier molecular flexibility index (Phi) is 8.01. The van der Waals surface area contributed by atoms with Gasteiger partial charge in [-0.25, -0.2) is 9.18 Å². The van der Waals surface area contributed by atoms with Crippen LogP contribution in [-0.4, -0.2) is 24.1 Å². The van der Waals surface area contributed by atoms with Crippen LogP contribution < -0.4 is 14.8 Å². The molecule has 0 saturated heterocycles. The van der Waals surface area contributed by atoms with Crippen molar-refractivity contribution in [1.29, 1.82) is 5.26 Å². The number of nitrogens with zero attached hydrogens (tertiary/aromatic N) is 1. The molecule has 0 atom stereocenters. The molecule has 34 heavy (non-hydrogen) atoms. The van der Waals surface area contributed by atoms with Gasteiger partial charge >= 0.3 is 5.97 Å². The molecule has 7 nitrogen and oxygen atoms in total. The van der Waals surface area contributed by atoms with Crippen LogP contribution in [0.2, 0.25) is 0 Å². The van der Waals surface area contributed by atoms with Gasteiger partial charge < -0.3 is 19.9 Å². The number of benzene rings is 3. The zero-order valence-corrected chi connectivity index (χ0v) is 19.4. The largest absolute Gasteiger partial charge is 0.493 e. The van der Waals surface area contributed by atoms with Crippen LogP contribution >= 0.6 is 15.9 Å². The van der Waals surface area contributed by atoms with Crippen molar-refractivity contribution in [1.82, 2.24) is 0 Å². The van der Waals surface area contributed by atoms with Gasteiger partial charge in [0.2, 0.25) is 0 Å².